The maximum Gasteiger partial charge on any atom is 0.338 e. The number of nitrogens with two attached hydrogens (primary N) is 1. The van der Waals surface area contributed by atoms with E-state index in [1.807, 2.05) is 24.3 Å². The summed E-state index contributed by atoms with van der Waals surface area (Å²) in [5, 5.41) is 16.0. The van der Waals surface area contributed by atoms with Gasteiger partial charge in [0, 0.05) is 12.1 Å². The molecular weight excluding hydrogens is 317 g/mol. The van der Waals surface area contributed by atoms with Gasteiger partial charge in [-0.05, 0) is 19.4 Å². The van der Waals surface area contributed by atoms with Gasteiger partial charge in [-0.3, -0.25) is 4.57 Å². The molecule has 124 valence electrons. The molecule has 0 bridgehead atoms. The molecule has 0 saturated carbocycles. The molecule has 9 heteroatoms. The quantitative estimate of drug-likeness (QED) is 0.729. The lowest BCUT2D eigenvalue weighted by Gasteiger charge is -2.15. The summed E-state index contributed by atoms with van der Waals surface area (Å²) in [4.78, 5) is 0. The summed E-state index contributed by atoms with van der Waals surface area (Å²) in [7, 11) is -3.26. The molecule has 0 radical (unpaired) electrons. The molecule has 0 atom stereocenters. The average molecular weight is 337 g/mol. The van der Waals surface area contributed by atoms with Gasteiger partial charge >= 0.3 is 7.60 Å². The van der Waals surface area contributed by atoms with Crippen LogP contribution in [0, 0.1) is 0 Å². The zero-order valence-corrected chi connectivity index (χ0v) is 14.1. The Bertz CT molecular complexity index is 653. The van der Waals surface area contributed by atoms with Crippen molar-refractivity contribution >= 4 is 7.60 Å². The van der Waals surface area contributed by atoms with E-state index in [9.17, 15) is 4.57 Å². The average Bonchev–Trinajstić information content (AvgIpc) is 2.56. The fourth-order valence-corrected chi connectivity index (χ4v) is 3.43. The first-order valence-corrected chi connectivity index (χ1v) is 9.06. The molecule has 0 unspecified atom stereocenters. The Kier molecular flexibility index (Phi) is 6.29. The normalized spacial score (nSPS) is 11.6. The fourth-order valence-electron chi connectivity index (χ4n) is 1.91. The third-order valence-electron chi connectivity index (χ3n) is 2.95. The molecule has 2 rings (SSSR count). The van der Waals surface area contributed by atoms with Crippen LogP contribution >= 0.6 is 7.60 Å². The molecule has 1 aromatic carbocycles. The van der Waals surface area contributed by atoms with Crippen molar-refractivity contribution in [3.8, 4) is 11.4 Å². The molecule has 0 amide bonds. The molecule has 0 spiro atoms. The largest absolute Gasteiger partial charge is 0.338 e. The lowest BCUT2D eigenvalue weighted by Crippen LogP contribution is -2.06. The number of nitrogens with zero attached hydrogens (tertiary/aromatic N) is 4. The predicted octanol–water partition coefficient (Wildman–Crippen LogP) is 2.16. The summed E-state index contributed by atoms with van der Waals surface area (Å²) >= 11 is 0. The SMILES string of the molecule is CCOP(=O)(Cc1nnc(-c2ccc(CN)cc2)nn1)OCC. The van der Waals surface area contributed by atoms with E-state index < -0.39 is 7.60 Å². The summed E-state index contributed by atoms with van der Waals surface area (Å²) in [6.45, 7) is 4.53. The van der Waals surface area contributed by atoms with Gasteiger partial charge < -0.3 is 14.8 Å². The standard InChI is InChI=1S/C14H20N5O3P/c1-3-21-23(20,22-4-2)10-13-16-18-14(19-17-13)12-7-5-11(9-15)6-8-12/h5-8H,3-4,9-10,15H2,1-2H3. The van der Waals surface area contributed by atoms with Crippen LogP contribution < -0.4 is 5.73 Å². The number of hydrogen-bond donors (Lipinski definition) is 1. The Balaban J connectivity index is 2.13. The molecule has 0 aliphatic heterocycles. The van der Waals surface area contributed by atoms with Gasteiger partial charge in [-0.25, -0.2) is 0 Å². The van der Waals surface area contributed by atoms with Crippen molar-refractivity contribution in [2.24, 2.45) is 5.73 Å². The third kappa shape index (κ3) is 4.87. The molecule has 1 heterocycles. The minimum absolute atomic E-state index is 0.0545. The molecule has 0 fully saturated rings. The molecule has 23 heavy (non-hydrogen) atoms. The second-order valence-electron chi connectivity index (χ2n) is 4.65. The van der Waals surface area contributed by atoms with Gasteiger partial charge in [-0.1, -0.05) is 24.3 Å². The van der Waals surface area contributed by atoms with E-state index in [-0.39, 0.29) is 25.2 Å². The van der Waals surface area contributed by atoms with Crippen LogP contribution in [0.2, 0.25) is 0 Å². The van der Waals surface area contributed by atoms with Gasteiger partial charge in [-0.2, -0.15) is 0 Å². The summed E-state index contributed by atoms with van der Waals surface area (Å²) in [6, 6.07) is 7.49. The van der Waals surface area contributed by atoms with Crippen LogP contribution in [0.1, 0.15) is 25.2 Å². The van der Waals surface area contributed by atoms with Crippen LogP contribution in [-0.4, -0.2) is 33.6 Å². The van der Waals surface area contributed by atoms with Crippen LogP contribution in [0.15, 0.2) is 24.3 Å². The highest BCUT2D eigenvalue weighted by Crippen LogP contribution is 2.50. The molecular formula is C14H20N5O3P. The van der Waals surface area contributed by atoms with Crippen molar-refractivity contribution in [2.75, 3.05) is 13.2 Å². The number of rotatable bonds is 8. The Morgan fingerprint density at radius 1 is 1.00 bits per heavy atom. The van der Waals surface area contributed by atoms with Crippen molar-refractivity contribution < 1.29 is 13.6 Å². The van der Waals surface area contributed by atoms with E-state index in [1.54, 1.807) is 13.8 Å². The van der Waals surface area contributed by atoms with Gasteiger partial charge in [-0.15, -0.1) is 20.4 Å². The second-order valence-corrected chi connectivity index (χ2v) is 6.70. The molecule has 2 aromatic rings. The van der Waals surface area contributed by atoms with Gasteiger partial charge in [0.1, 0.15) is 6.16 Å². The topological polar surface area (TPSA) is 113 Å². The second kappa shape index (κ2) is 8.21. The van der Waals surface area contributed by atoms with Crippen LogP contribution in [0.25, 0.3) is 11.4 Å². The van der Waals surface area contributed by atoms with E-state index in [2.05, 4.69) is 20.4 Å². The van der Waals surface area contributed by atoms with Crippen LogP contribution in [0.5, 0.6) is 0 Å². The first kappa shape index (κ1) is 17.6. The van der Waals surface area contributed by atoms with Gasteiger partial charge in [0.2, 0.25) is 5.82 Å². The summed E-state index contributed by atoms with van der Waals surface area (Å²) in [5.74, 6) is 0.609. The summed E-state index contributed by atoms with van der Waals surface area (Å²) < 4.78 is 22.8. The van der Waals surface area contributed by atoms with Crippen molar-refractivity contribution in [1.82, 2.24) is 20.4 Å². The smallest absolute Gasteiger partial charge is 0.326 e. The van der Waals surface area contributed by atoms with E-state index in [0.29, 0.717) is 12.4 Å². The Morgan fingerprint density at radius 2 is 1.57 bits per heavy atom. The molecule has 0 saturated heterocycles. The lowest BCUT2D eigenvalue weighted by atomic mass is 10.1. The Morgan fingerprint density at radius 3 is 2.04 bits per heavy atom. The minimum atomic E-state index is -3.26. The van der Waals surface area contributed by atoms with E-state index in [1.165, 1.54) is 0 Å². The predicted molar refractivity (Wildman–Crippen MR) is 85.5 cm³/mol. The van der Waals surface area contributed by atoms with Gasteiger partial charge in [0.25, 0.3) is 0 Å². The van der Waals surface area contributed by atoms with E-state index in [0.717, 1.165) is 11.1 Å². The molecule has 1 aromatic heterocycles. The van der Waals surface area contributed by atoms with Crippen LogP contribution in [0.3, 0.4) is 0 Å². The first-order chi connectivity index (χ1) is 11.1. The molecule has 2 N–H and O–H groups in total. The van der Waals surface area contributed by atoms with Crippen molar-refractivity contribution in [3.05, 3.63) is 35.7 Å². The van der Waals surface area contributed by atoms with Crippen molar-refractivity contribution in [2.45, 2.75) is 26.6 Å². The van der Waals surface area contributed by atoms with Crippen LogP contribution in [-0.2, 0) is 26.3 Å². The Labute approximate surface area is 135 Å². The molecule has 0 aliphatic carbocycles. The highest BCUT2D eigenvalue weighted by molar-refractivity contribution is 7.53. The van der Waals surface area contributed by atoms with E-state index >= 15 is 0 Å². The number of hydrogen-bond acceptors (Lipinski definition) is 8. The number of benzene rings is 1. The van der Waals surface area contributed by atoms with Crippen LogP contribution in [0.4, 0.5) is 0 Å². The highest BCUT2D eigenvalue weighted by Gasteiger charge is 2.26. The minimum Gasteiger partial charge on any atom is -0.326 e. The maximum atomic E-state index is 12.4. The van der Waals surface area contributed by atoms with Crippen molar-refractivity contribution in [3.63, 3.8) is 0 Å². The monoisotopic (exact) mass is 337 g/mol. The zero-order chi connectivity index (χ0) is 16.7. The van der Waals surface area contributed by atoms with Gasteiger partial charge in [0.05, 0.1) is 13.2 Å². The van der Waals surface area contributed by atoms with Crippen molar-refractivity contribution in [1.29, 1.82) is 0 Å². The summed E-state index contributed by atoms with van der Waals surface area (Å²) in [5.41, 5.74) is 7.36. The maximum absolute atomic E-state index is 12.4. The highest BCUT2D eigenvalue weighted by atomic mass is 31.2. The molecule has 0 aliphatic rings. The fraction of sp³-hybridized carbons (Fsp3) is 0.429. The lowest BCUT2D eigenvalue weighted by molar-refractivity contribution is 0.218. The number of aromatic nitrogens is 4. The van der Waals surface area contributed by atoms with Gasteiger partial charge in [0.15, 0.2) is 5.82 Å². The van der Waals surface area contributed by atoms with E-state index in [4.69, 9.17) is 14.8 Å². The third-order valence-corrected chi connectivity index (χ3v) is 4.93. The molecule has 8 nitrogen and oxygen atoms in total. The summed E-state index contributed by atoms with van der Waals surface area (Å²) in [6.07, 6.45) is -0.0545. The first-order valence-electron chi connectivity index (χ1n) is 7.34. The Hall–Kier alpha value is -1.73. The zero-order valence-electron chi connectivity index (χ0n) is 13.2.